The molecule has 12 nitrogen and oxygen atoms in total. The fraction of sp³-hybridized carbons (Fsp3) is 0.405. The van der Waals surface area contributed by atoms with Crippen LogP contribution in [0.15, 0.2) is 71.9 Å². The molecule has 0 aliphatic carbocycles. The summed E-state index contributed by atoms with van der Waals surface area (Å²) in [6.45, 7) is 6.63. The first-order chi connectivity index (χ1) is 27.0. The number of nitrogens with one attached hydrogen (secondary N) is 1. The molecule has 0 saturated carbocycles. The van der Waals surface area contributed by atoms with E-state index in [-0.39, 0.29) is 19.8 Å². The zero-order chi connectivity index (χ0) is 40.2. The van der Waals surface area contributed by atoms with Crippen LogP contribution in [0.3, 0.4) is 0 Å². The molecule has 1 unspecified atom stereocenters. The van der Waals surface area contributed by atoms with E-state index in [9.17, 15) is 24.9 Å². The lowest BCUT2D eigenvalue weighted by atomic mass is 9.91. The molecule has 0 amide bonds. The number of carboxylic acids is 1. The highest BCUT2D eigenvalue weighted by Gasteiger charge is 2.40. The van der Waals surface area contributed by atoms with Crippen LogP contribution in [0.2, 0.25) is 5.02 Å². The molecule has 1 aromatic heterocycles. The van der Waals surface area contributed by atoms with Gasteiger partial charge in [-0.3, -0.25) is 15.1 Å². The molecule has 56 heavy (non-hydrogen) atoms. The van der Waals surface area contributed by atoms with Crippen molar-refractivity contribution in [2.24, 2.45) is 0 Å². The second-order valence-corrected chi connectivity index (χ2v) is 15.0. The van der Waals surface area contributed by atoms with Gasteiger partial charge in [0.15, 0.2) is 5.60 Å². The van der Waals surface area contributed by atoms with Gasteiger partial charge in [0.25, 0.3) is 0 Å². The first kappa shape index (κ1) is 42.8. The third-order valence-electron chi connectivity index (χ3n) is 10.1. The van der Waals surface area contributed by atoms with Crippen LogP contribution in [0, 0.1) is 13.8 Å². The molecule has 1 aliphatic rings. The summed E-state index contributed by atoms with van der Waals surface area (Å²) >= 11 is 8.31. The normalized spacial score (nSPS) is 14.6. The molecule has 3 aromatic carbocycles. The number of hydrogen-bond acceptors (Lipinski definition) is 12. The maximum atomic E-state index is 11.9. The molecule has 5 rings (SSSR count). The van der Waals surface area contributed by atoms with Gasteiger partial charge < -0.3 is 39.2 Å². The van der Waals surface area contributed by atoms with Gasteiger partial charge in [0, 0.05) is 60.7 Å². The number of piperidine rings is 1. The fourth-order valence-electron chi connectivity index (χ4n) is 6.60. The van der Waals surface area contributed by atoms with Gasteiger partial charge in [-0.2, -0.15) is 0 Å². The summed E-state index contributed by atoms with van der Waals surface area (Å²) in [5.74, 6) is -0.0747. The average molecular weight is 808 g/mol. The van der Waals surface area contributed by atoms with Gasteiger partial charge in [-0.1, -0.05) is 41.9 Å². The number of thioether (sulfide) groups is 1. The highest BCUT2D eigenvalue weighted by molar-refractivity contribution is 7.98. The third-order valence-corrected chi connectivity index (χ3v) is 11.1. The molecule has 1 atom stereocenters. The van der Waals surface area contributed by atoms with Crippen molar-refractivity contribution >= 4 is 35.3 Å². The molecule has 0 spiro atoms. The number of aliphatic carboxylic acids is 1. The van der Waals surface area contributed by atoms with E-state index in [1.807, 2.05) is 36.6 Å². The Hall–Kier alpha value is -4.37. The second-order valence-electron chi connectivity index (χ2n) is 13.7. The van der Waals surface area contributed by atoms with Gasteiger partial charge in [0.1, 0.15) is 36.5 Å². The highest BCUT2D eigenvalue weighted by Crippen LogP contribution is 2.36. The monoisotopic (exact) mass is 807 g/mol. The molecule has 4 aromatic rings. The summed E-state index contributed by atoms with van der Waals surface area (Å²) in [5, 5.41) is 32.6. The van der Waals surface area contributed by atoms with Crippen molar-refractivity contribution in [1.29, 1.82) is 0 Å². The molecule has 2 heterocycles. The van der Waals surface area contributed by atoms with Crippen molar-refractivity contribution in [3.05, 3.63) is 99.8 Å². The lowest BCUT2D eigenvalue weighted by Crippen LogP contribution is -2.50. The van der Waals surface area contributed by atoms with Gasteiger partial charge in [0.05, 0.1) is 25.3 Å². The number of hydrogen-bond donors (Lipinski definition) is 4. The lowest BCUT2D eigenvalue weighted by Gasteiger charge is -2.36. The van der Waals surface area contributed by atoms with Gasteiger partial charge in [-0.25, -0.2) is 4.79 Å². The van der Waals surface area contributed by atoms with Crippen molar-refractivity contribution in [3.8, 4) is 28.4 Å². The number of nitrogens with zero attached hydrogens (tertiary/aromatic N) is 2. The molecule has 14 heteroatoms. The minimum atomic E-state index is -1.40. The van der Waals surface area contributed by atoms with Crippen LogP contribution in [0.4, 0.5) is 0 Å². The van der Waals surface area contributed by atoms with Gasteiger partial charge >= 0.3 is 11.9 Å². The smallest absolute Gasteiger partial charge is 0.337 e. The number of aromatic nitrogens is 1. The lowest BCUT2D eigenvalue weighted by molar-refractivity contribution is -0.167. The molecule has 1 fully saturated rings. The average Bonchev–Trinajstić information content (AvgIpc) is 3.20. The Labute approximate surface area is 337 Å². The number of esters is 1. The number of rotatable bonds is 19. The molecule has 1 aliphatic heterocycles. The number of halogens is 1. The topological polar surface area (TPSA) is 160 Å². The standard InChI is InChI=1S/C42H50ClN3O9S/c1-27-30(8-5-9-33(27)34-10-6-11-37(28(34)2)53-17-7-14-46-15-12-42(51,13-16-46)41(50)52-3)26-55-39-20-38(54-25-29-18-32(56-4)23-44-21-29)31(19-35(39)43)22-45-36(24-47)40(48)49/h5-6,8-11,18-21,23,36,45,47,51H,7,12-17,22,24-26H2,1-4H3,(H,48,49). The third kappa shape index (κ3) is 10.9. The summed E-state index contributed by atoms with van der Waals surface area (Å²) in [4.78, 5) is 31.0. The Kier molecular flexibility index (Phi) is 15.4. The van der Waals surface area contributed by atoms with Gasteiger partial charge in [-0.05, 0) is 85.4 Å². The van der Waals surface area contributed by atoms with Crippen LogP contribution in [0.5, 0.6) is 17.2 Å². The van der Waals surface area contributed by atoms with E-state index in [4.69, 9.17) is 30.5 Å². The number of methoxy groups -OCH3 is 1. The number of ether oxygens (including phenoxy) is 4. The molecule has 4 N–H and O–H groups in total. The quantitative estimate of drug-likeness (QED) is 0.0482. The highest BCUT2D eigenvalue weighted by atomic mass is 35.5. The molecular formula is C42H50ClN3O9S. The van der Waals surface area contributed by atoms with Crippen LogP contribution in [0.25, 0.3) is 11.1 Å². The number of carbonyl (C=O) groups excluding carboxylic acids is 1. The molecule has 300 valence electrons. The van der Waals surface area contributed by atoms with Crippen molar-refractivity contribution in [1.82, 2.24) is 15.2 Å². The number of aliphatic hydroxyl groups excluding tert-OH is 1. The van der Waals surface area contributed by atoms with E-state index in [0.29, 0.717) is 54.6 Å². The van der Waals surface area contributed by atoms with E-state index < -0.39 is 30.2 Å². The number of carbonyl (C=O) groups is 2. The zero-order valence-corrected chi connectivity index (χ0v) is 33.8. The molecule has 0 bridgehead atoms. The Morgan fingerprint density at radius 1 is 0.946 bits per heavy atom. The predicted octanol–water partition coefficient (Wildman–Crippen LogP) is 6.20. The first-order valence-electron chi connectivity index (χ1n) is 18.4. The number of pyridine rings is 1. The minimum absolute atomic E-state index is 0.0847. The van der Waals surface area contributed by atoms with Crippen LogP contribution in [-0.2, 0) is 34.1 Å². The summed E-state index contributed by atoms with van der Waals surface area (Å²) in [6, 6.07) is 16.3. The Morgan fingerprint density at radius 2 is 1.66 bits per heavy atom. The van der Waals surface area contributed by atoms with Gasteiger partial charge in [-0.15, -0.1) is 11.8 Å². The van der Waals surface area contributed by atoms with E-state index in [1.54, 1.807) is 36.3 Å². The maximum Gasteiger partial charge on any atom is 0.337 e. The van der Waals surface area contributed by atoms with E-state index in [2.05, 4.69) is 41.2 Å². The minimum Gasteiger partial charge on any atom is -0.493 e. The Bertz CT molecular complexity index is 1970. The summed E-state index contributed by atoms with van der Waals surface area (Å²) in [6.07, 6.45) is 6.98. The Morgan fingerprint density at radius 3 is 2.36 bits per heavy atom. The maximum absolute atomic E-state index is 11.9. The summed E-state index contributed by atoms with van der Waals surface area (Å²) in [5.41, 5.74) is 5.20. The SMILES string of the molecule is COC(=O)C1(O)CCN(CCCOc2cccc(-c3cccc(COc4cc(OCc5cncc(SC)c5)c(CNC(CO)C(=O)O)cc4Cl)c3C)c2C)CC1. The largest absolute Gasteiger partial charge is 0.493 e. The number of aliphatic hydroxyl groups is 2. The zero-order valence-electron chi connectivity index (χ0n) is 32.2. The van der Waals surface area contributed by atoms with Crippen molar-refractivity contribution < 1.29 is 43.9 Å². The van der Waals surface area contributed by atoms with E-state index in [0.717, 1.165) is 57.0 Å². The van der Waals surface area contributed by atoms with Crippen LogP contribution in [-0.4, -0.2) is 95.0 Å². The van der Waals surface area contributed by atoms with Crippen molar-refractivity contribution in [2.75, 3.05) is 46.2 Å². The summed E-state index contributed by atoms with van der Waals surface area (Å²) in [7, 11) is 1.30. The van der Waals surface area contributed by atoms with Crippen LogP contribution in [0.1, 0.15) is 47.1 Å². The number of likely N-dealkylation sites (tertiary alicyclic amines) is 1. The second kappa shape index (κ2) is 20.2. The molecule has 1 saturated heterocycles. The number of carboxylic acid groups (broad SMARTS) is 1. The molecular weight excluding hydrogens is 758 g/mol. The van der Waals surface area contributed by atoms with Crippen molar-refractivity contribution in [3.63, 3.8) is 0 Å². The predicted molar refractivity (Wildman–Crippen MR) is 216 cm³/mol. The van der Waals surface area contributed by atoms with E-state index in [1.165, 1.54) is 7.11 Å². The summed E-state index contributed by atoms with van der Waals surface area (Å²) < 4.78 is 23.6. The van der Waals surface area contributed by atoms with Gasteiger partial charge in [0.2, 0.25) is 0 Å². The van der Waals surface area contributed by atoms with E-state index >= 15 is 0 Å². The van der Waals surface area contributed by atoms with Crippen LogP contribution >= 0.6 is 23.4 Å². The molecule has 0 radical (unpaired) electrons. The number of benzene rings is 3. The fourth-order valence-corrected chi connectivity index (χ4v) is 7.27. The van der Waals surface area contributed by atoms with Crippen LogP contribution < -0.4 is 19.5 Å². The Balaban J connectivity index is 1.25. The van der Waals surface area contributed by atoms with Crippen molar-refractivity contribution in [2.45, 2.75) is 69.4 Å². The first-order valence-corrected chi connectivity index (χ1v) is 20.0.